The molecule has 0 radical (unpaired) electrons. The van der Waals surface area contributed by atoms with Gasteiger partial charge in [-0.3, -0.25) is 4.79 Å². The zero-order valence-electron chi connectivity index (χ0n) is 17.8. The predicted molar refractivity (Wildman–Crippen MR) is 132 cm³/mol. The van der Waals surface area contributed by atoms with Crippen LogP contribution in [0.2, 0.25) is 0 Å². The minimum absolute atomic E-state index is 0.0810. The van der Waals surface area contributed by atoms with E-state index in [0.29, 0.717) is 4.91 Å². The molecular formula is C24H24BrN3O2S. The van der Waals surface area contributed by atoms with Crippen molar-refractivity contribution < 1.29 is 9.53 Å². The van der Waals surface area contributed by atoms with Crippen molar-refractivity contribution in [3.05, 3.63) is 80.4 Å². The van der Waals surface area contributed by atoms with Crippen LogP contribution in [-0.2, 0) is 4.79 Å². The summed E-state index contributed by atoms with van der Waals surface area (Å²) in [6.45, 7) is 6.18. The van der Waals surface area contributed by atoms with Gasteiger partial charge < -0.3 is 19.9 Å². The normalized spacial score (nSPS) is 17.1. The fourth-order valence-corrected chi connectivity index (χ4v) is 4.93. The Labute approximate surface area is 195 Å². The summed E-state index contributed by atoms with van der Waals surface area (Å²) in [6, 6.07) is 16.3. The molecule has 1 saturated heterocycles. The molecule has 2 heterocycles. The highest BCUT2D eigenvalue weighted by Crippen LogP contribution is 2.34. The van der Waals surface area contributed by atoms with Gasteiger partial charge in [0.1, 0.15) is 5.75 Å². The Morgan fingerprint density at radius 2 is 1.87 bits per heavy atom. The Morgan fingerprint density at radius 3 is 2.58 bits per heavy atom. The van der Waals surface area contributed by atoms with Gasteiger partial charge in [0.25, 0.3) is 5.91 Å². The van der Waals surface area contributed by atoms with Gasteiger partial charge in [0.2, 0.25) is 0 Å². The number of thioether (sulfide) groups is 1. The highest BCUT2D eigenvalue weighted by atomic mass is 79.9. The van der Waals surface area contributed by atoms with E-state index in [0.717, 1.165) is 44.1 Å². The molecule has 31 heavy (non-hydrogen) atoms. The molecule has 5 nitrogen and oxygen atoms in total. The summed E-state index contributed by atoms with van der Waals surface area (Å²) in [4.78, 5) is 13.3. The maximum Gasteiger partial charge on any atom is 0.260 e. The third-order valence-corrected chi connectivity index (χ3v) is 6.77. The minimum Gasteiger partial charge on any atom is -0.495 e. The first kappa shape index (κ1) is 21.6. The molecule has 0 spiro atoms. The molecule has 3 aromatic rings. The lowest BCUT2D eigenvalue weighted by Gasteiger charge is -2.16. The molecule has 160 valence electrons. The van der Waals surface area contributed by atoms with Crippen LogP contribution in [0.3, 0.4) is 0 Å². The van der Waals surface area contributed by atoms with E-state index in [-0.39, 0.29) is 11.4 Å². The highest BCUT2D eigenvalue weighted by Gasteiger charge is 2.28. The molecule has 2 N–H and O–H groups in total. The van der Waals surface area contributed by atoms with E-state index in [1.807, 2.05) is 43.3 Å². The van der Waals surface area contributed by atoms with Crippen LogP contribution in [0.15, 0.2) is 57.9 Å². The molecule has 4 rings (SSSR count). The second-order valence-electron chi connectivity index (χ2n) is 7.47. The van der Waals surface area contributed by atoms with Crippen LogP contribution in [0.4, 0.5) is 5.69 Å². The largest absolute Gasteiger partial charge is 0.495 e. The predicted octanol–water partition coefficient (Wildman–Crippen LogP) is 5.77. The van der Waals surface area contributed by atoms with Crippen molar-refractivity contribution in [2.45, 2.75) is 26.3 Å². The van der Waals surface area contributed by atoms with Crippen molar-refractivity contribution >= 4 is 45.4 Å². The second kappa shape index (κ2) is 8.85. The summed E-state index contributed by atoms with van der Waals surface area (Å²) in [5, 5.41) is 6.36. The monoisotopic (exact) mass is 497 g/mol. The summed E-state index contributed by atoms with van der Waals surface area (Å²) in [5.41, 5.74) is 6.06. The van der Waals surface area contributed by atoms with E-state index >= 15 is 0 Å². The Bertz CT molecular complexity index is 1170. The summed E-state index contributed by atoms with van der Waals surface area (Å²) in [5.74, 6) is 0.665. The number of benzene rings is 2. The maximum absolute atomic E-state index is 12.6. The van der Waals surface area contributed by atoms with Gasteiger partial charge in [-0.05, 0) is 80.4 Å². The van der Waals surface area contributed by atoms with Crippen molar-refractivity contribution in [3.8, 4) is 11.4 Å². The van der Waals surface area contributed by atoms with Crippen molar-refractivity contribution in [1.82, 2.24) is 9.88 Å². The number of anilines is 1. The highest BCUT2D eigenvalue weighted by molar-refractivity contribution is 9.10. The number of nitrogens with one attached hydrogen (secondary N) is 2. The fourth-order valence-electron chi connectivity index (χ4n) is 3.70. The van der Waals surface area contributed by atoms with Crippen molar-refractivity contribution in [3.63, 3.8) is 0 Å². The number of carbonyl (C=O) groups excluding carboxylic acids is 1. The zero-order chi connectivity index (χ0) is 22.1. The Morgan fingerprint density at radius 1 is 1.13 bits per heavy atom. The number of nitrogens with zero attached hydrogens (tertiary/aromatic N) is 1. The van der Waals surface area contributed by atoms with Crippen LogP contribution >= 0.6 is 27.7 Å². The molecule has 1 amide bonds. The number of hydrogen-bond donors (Lipinski definition) is 2. The van der Waals surface area contributed by atoms with Crippen molar-refractivity contribution in [2.75, 3.05) is 12.4 Å². The van der Waals surface area contributed by atoms with E-state index in [1.54, 1.807) is 7.11 Å². The van der Waals surface area contributed by atoms with Gasteiger partial charge in [-0.2, -0.15) is 0 Å². The van der Waals surface area contributed by atoms with Crippen LogP contribution in [0.5, 0.6) is 5.75 Å². The summed E-state index contributed by atoms with van der Waals surface area (Å²) < 4.78 is 8.68. The van der Waals surface area contributed by atoms with E-state index in [1.165, 1.54) is 11.8 Å². The van der Waals surface area contributed by atoms with Crippen LogP contribution in [0, 0.1) is 20.8 Å². The molecule has 1 aliphatic rings. The number of hydrogen-bond acceptors (Lipinski definition) is 4. The fraction of sp³-hybridized carbons (Fsp3) is 0.208. The van der Waals surface area contributed by atoms with Gasteiger partial charge in [-0.1, -0.05) is 33.8 Å². The molecule has 0 bridgehead atoms. The molecule has 0 aliphatic carbocycles. The maximum atomic E-state index is 12.6. The molecule has 0 saturated carbocycles. The molecule has 1 unspecified atom stereocenters. The molecule has 1 fully saturated rings. The van der Waals surface area contributed by atoms with Crippen LogP contribution in [0.25, 0.3) is 11.8 Å². The minimum atomic E-state index is -0.260. The van der Waals surface area contributed by atoms with E-state index in [9.17, 15) is 4.79 Å². The molecular weight excluding hydrogens is 474 g/mol. The van der Waals surface area contributed by atoms with E-state index < -0.39 is 0 Å². The first-order valence-corrected chi connectivity index (χ1v) is 11.6. The summed E-state index contributed by atoms with van der Waals surface area (Å²) >= 11 is 4.96. The van der Waals surface area contributed by atoms with E-state index in [4.69, 9.17) is 4.74 Å². The Kier molecular flexibility index (Phi) is 6.16. The average molecular weight is 498 g/mol. The van der Waals surface area contributed by atoms with Gasteiger partial charge in [0.05, 0.1) is 17.7 Å². The number of amides is 1. The Hall–Kier alpha value is -2.64. The molecule has 1 aliphatic heterocycles. The number of aryl methyl sites for hydroxylation is 2. The zero-order valence-corrected chi connectivity index (χ0v) is 20.2. The summed E-state index contributed by atoms with van der Waals surface area (Å²) in [6.07, 6.45) is 1.97. The average Bonchev–Trinajstić information content (AvgIpc) is 3.21. The third-order valence-electron chi connectivity index (χ3n) is 5.21. The van der Waals surface area contributed by atoms with Crippen LogP contribution in [-0.4, -0.2) is 23.1 Å². The Balaban J connectivity index is 1.58. The van der Waals surface area contributed by atoms with Gasteiger partial charge in [-0.15, -0.1) is 0 Å². The lowest BCUT2D eigenvalue weighted by molar-refractivity contribution is -0.116. The van der Waals surface area contributed by atoms with Crippen LogP contribution < -0.4 is 15.4 Å². The third kappa shape index (κ3) is 4.52. The number of methoxy groups -OCH3 is 1. The smallest absolute Gasteiger partial charge is 0.260 e. The number of carbonyl (C=O) groups is 1. The van der Waals surface area contributed by atoms with Gasteiger partial charge >= 0.3 is 0 Å². The topological polar surface area (TPSA) is 55.3 Å². The first-order chi connectivity index (χ1) is 14.9. The number of halogens is 1. The number of rotatable bonds is 5. The number of aromatic nitrogens is 1. The van der Waals surface area contributed by atoms with Crippen molar-refractivity contribution in [2.24, 2.45) is 0 Å². The quantitative estimate of drug-likeness (QED) is 0.439. The lowest BCUT2D eigenvalue weighted by atomic mass is 10.2. The molecule has 2 aromatic carbocycles. The van der Waals surface area contributed by atoms with Gasteiger partial charge in [-0.25, -0.2) is 0 Å². The molecule has 1 aromatic heterocycles. The van der Waals surface area contributed by atoms with Crippen molar-refractivity contribution in [1.29, 1.82) is 0 Å². The molecule has 7 heteroatoms. The standard InChI is InChI=1S/C24H24BrN3O2S/c1-14-5-10-21(30-4)20(11-14)26-24-27-23(29)22(31-24)13-17-12-15(2)28(16(17)3)19-8-6-18(25)7-9-19/h5-13,24,26H,1-4H3,(H,27,29)/b22-13-. The SMILES string of the molecule is COc1ccc(C)cc1NC1NC(=O)/C(=C/c2cc(C)n(-c3ccc(Br)cc3)c2C)S1. The lowest BCUT2D eigenvalue weighted by Crippen LogP contribution is -2.31. The second-order valence-corrected chi connectivity index (χ2v) is 9.53. The number of ether oxygens (including phenoxy) is 1. The first-order valence-electron chi connectivity index (χ1n) is 9.91. The van der Waals surface area contributed by atoms with Gasteiger partial charge in [0, 0.05) is 21.5 Å². The van der Waals surface area contributed by atoms with Crippen LogP contribution in [0.1, 0.15) is 22.5 Å². The van der Waals surface area contributed by atoms with Gasteiger partial charge in [0.15, 0.2) is 5.50 Å². The van der Waals surface area contributed by atoms with E-state index in [2.05, 4.69) is 63.2 Å². The molecule has 1 atom stereocenters. The summed E-state index contributed by atoms with van der Waals surface area (Å²) in [7, 11) is 1.64.